The van der Waals surface area contributed by atoms with Gasteiger partial charge in [0, 0.05) is 68.6 Å². The summed E-state index contributed by atoms with van der Waals surface area (Å²) in [7, 11) is 2.16. The van der Waals surface area contributed by atoms with Gasteiger partial charge < -0.3 is 34.0 Å². The van der Waals surface area contributed by atoms with Gasteiger partial charge in [-0.3, -0.25) is 4.90 Å². The number of hydrogen-bond acceptors (Lipinski definition) is 9. The third-order valence-electron chi connectivity index (χ3n) is 10.5. The van der Waals surface area contributed by atoms with Crippen LogP contribution in [0.15, 0.2) is 36.5 Å². The molecule has 50 heavy (non-hydrogen) atoms. The van der Waals surface area contributed by atoms with Gasteiger partial charge in [-0.1, -0.05) is 29.7 Å². The van der Waals surface area contributed by atoms with Crippen LogP contribution < -0.4 is 24.2 Å². The van der Waals surface area contributed by atoms with Crippen molar-refractivity contribution in [2.45, 2.75) is 57.0 Å². The van der Waals surface area contributed by atoms with Gasteiger partial charge in [0.2, 0.25) is 0 Å². The van der Waals surface area contributed by atoms with Gasteiger partial charge in [0.1, 0.15) is 36.5 Å². The molecule has 0 spiro atoms. The molecule has 2 bridgehead atoms. The van der Waals surface area contributed by atoms with Crippen molar-refractivity contribution >= 4 is 39.2 Å². The zero-order chi connectivity index (χ0) is 33.4. The molecule has 4 aliphatic heterocycles. The molecule has 260 valence electrons. The molecule has 6 heterocycles. The molecule has 3 atom stereocenters. The minimum absolute atomic E-state index is 0. The number of likely N-dealkylation sites (N-methyl/N-ethyl adjacent to an activating group) is 1. The van der Waals surface area contributed by atoms with Crippen molar-refractivity contribution in [2.75, 3.05) is 38.3 Å². The first-order chi connectivity index (χ1) is 23.9. The summed E-state index contributed by atoms with van der Waals surface area (Å²) in [6, 6.07) is 9.75. The van der Waals surface area contributed by atoms with Gasteiger partial charge in [0.25, 0.3) is 0 Å². The van der Waals surface area contributed by atoms with Crippen molar-refractivity contribution in [2.24, 2.45) is 0 Å². The average molecular weight is 787 g/mol. The van der Waals surface area contributed by atoms with E-state index in [-0.39, 0.29) is 62.3 Å². The smallest absolute Gasteiger partial charge is 0.319 e. The third kappa shape index (κ3) is 5.30. The maximum absolute atomic E-state index is 15.6. The fourth-order valence-electron chi connectivity index (χ4n) is 8.02. The molecule has 3 aromatic carbocycles. The van der Waals surface area contributed by atoms with E-state index in [4.69, 9.17) is 46.9 Å². The van der Waals surface area contributed by atoms with Gasteiger partial charge in [-0.25, -0.2) is 4.39 Å². The summed E-state index contributed by atoms with van der Waals surface area (Å²) in [6.07, 6.45) is 9.59. The molecule has 2 aromatic heterocycles. The molecule has 0 N–H and O–H groups in total. The molecule has 13 heteroatoms. The Balaban J connectivity index is 0.00000361. The summed E-state index contributed by atoms with van der Waals surface area (Å²) in [5.41, 5.74) is 3.86. The number of aromatic nitrogens is 4. The first kappa shape index (κ1) is 33.2. The molecule has 3 saturated heterocycles. The number of anilines is 1. The van der Waals surface area contributed by atoms with E-state index in [1.165, 1.54) is 6.07 Å². The van der Waals surface area contributed by atoms with Gasteiger partial charge in [0.05, 0.1) is 35.2 Å². The second-order valence-electron chi connectivity index (χ2n) is 13.3. The van der Waals surface area contributed by atoms with Crippen LogP contribution in [-0.4, -0.2) is 77.6 Å². The van der Waals surface area contributed by atoms with E-state index in [9.17, 15) is 0 Å². The van der Waals surface area contributed by atoms with Crippen molar-refractivity contribution in [3.63, 3.8) is 0 Å². The van der Waals surface area contributed by atoms with E-state index in [1.807, 2.05) is 24.3 Å². The van der Waals surface area contributed by atoms with Crippen LogP contribution in [0, 0.1) is 25.1 Å². The molecule has 4 aliphatic rings. The van der Waals surface area contributed by atoms with Gasteiger partial charge >= 0.3 is 6.01 Å². The summed E-state index contributed by atoms with van der Waals surface area (Å²) in [6.45, 7) is 4.39. The van der Waals surface area contributed by atoms with Crippen LogP contribution >= 0.6 is 11.6 Å². The van der Waals surface area contributed by atoms with Gasteiger partial charge in [-0.15, -0.1) is 6.42 Å². The van der Waals surface area contributed by atoms with Gasteiger partial charge in [0.15, 0.2) is 11.5 Å². The van der Waals surface area contributed by atoms with Crippen LogP contribution in [0.4, 0.5) is 10.2 Å². The molecule has 0 radical (unpaired) electrons. The quantitative estimate of drug-likeness (QED) is 0.158. The zero-order valence-electron chi connectivity index (χ0n) is 27.4. The predicted molar refractivity (Wildman–Crippen MR) is 183 cm³/mol. The zero-order valence-corrected chi connectivity index (χ0v) is 29.7. The Hall–Kier alpha value is -3.97. The summed E-state index contributed by atoms with van der Waals surface area (Å²) < 4.78 is 41.2. The van der Waals surface area contributed by atoms with Crippen molar-refractivity contribution in [1.82, 2.24) is 25.1 Å². The number of halogens is 2. The normalized spacial score (nSPS) is 21.4. The topological polar surface area (TPSA) is 96.2 Å². The van der Waals surface area contributed by atoms with E-state index < -0.39 is 5.82 Å². The second kappa shape index (κ2) is 13.0. The first-order valence-electron chi connectivity index (χ1n) is 16.6. The number of piperazine rings is 1. The molecule has 5 aromatic rings. The van der Waals surface area contributed by atoms with Crippen molar-refractivity contribution in [3.8, 4) is 41.0 Å². The fraction of sp³-hybridized carbons (Fsp3) is 0.378. The maximum atomic E-state index is 15.6. The Labute approximate surface area is 307 Å². The summed E-state index contributed by atoms with van der Waals surface area (Å²) >= 11 is 7.47. The van der Waals surface area contributed by atoms with E-state index >= 15 is 4.39 Å². The standard InChI is InChI=1S/C37H33ClFN6O4.Pd/c1-4-20-5-7-21(8-6-20)17-47-35-30(29-19(2)25(39)14-26-24(29)15-40-43-26)32(38)34-31-33(35)41-37(49-23-9-11-46-12-10-23)42-36(31)45-22-13-27(44(3)16-22)28(45)18-48-34;/h1,5-8,14-15,22-23,27-28H,9-13,16-18H2,2-3H3;/q-1;/t22-,27-,28?;/m0./s1. The number of fused-ring (bicyclic) bond motifs is 7. The van der Waals surface area contributed by atoms with E-state index in [0.717, 1.165) is 36.9 Å². The van der Waals surface area contributed by atoms with Crippen LogP contribution in [-0.2, 0) is 31.8 Å². The molecule has 0 aliphatic carbocycles. The summed E-state index contributed by atoms with van der Waals surface area (Å²) in [5.74, 6) is 3.73. The first-order valence-corrected chi connectivity index (χ1v) is 17.0. The number of nitrogens with zero attached hydrogens (tertiary/aromatic N) is 6. The molecule has 3 fully saturated rings. The largest absolute Gasteiger partial charge is 0.581 e. The number of rotatable bonds is 6. The van der Waals surface area contributed by atoms with Crippen molar-refractivity contribution in [1.29, 1.82) is 0 Å². The van der Waals surface area contributed by atoms with Crippen LogP contribution in [0.2, 0.25) is 5.02 Å². The molecule has 0 saturated carbocycles. The fourth-order valence-corrected chi connectivity index (χ4v) is 8.35. The van der Waals surface area contributed by atoms with Crippen molar-refractivity contribution < 1.29 is 43.8 Å². The average Bonchev–Trinajstić information content (AvgIpc) is 3.80. The second-order valence-corrected chi connectivity index (χ2v) is 13.7. The van der Waals surface area contributed by atoms with E-state index in [2.05, 4.69) is 33.0 Å². The maximum Gasteiger partial charge on any atom is 0.319 e. The molecule has 0 amide bonds. The van der Waals surface area contributed by atoms with Crippen molar-refractivity contribution in [3.05, 3.63) is 64.1 Å². The molecule has 1 unspecified atom stereocenters. The Morgan fingerprint density at radius 1 is 1.14 bits per heavy atom. The minimum atomic E-state index is -0.436. The number of ether oxygens (including phenoxy) is 4. The number of hydrogen-bond donors (Lipinski definition) is 0. The molecular formula is C37H33ClFN6O4Pd-. The number of benzene rings is 3. The third-order valence-corrected chi connectivity index (χ3v) is 10.8. The Morgan fingerprint density at radius 2 is 1.94 bits per heavy atom. The Morgan fingerprint density at radius 3 is 2.72 bits per heavy atom. The SMILES string of the molecule is C#Cc1ccc(COc2c(-c3c(C)c(F)cc4n[n-]cc34)c(Cl)c3c4c(nc(OC5CCOCC5)nc24)N2C(CO3)[C@@H]3C[C@H]2CN3C)cc1.[Pd]. The van der Waals surface area contributed by atoms with Crippen LogP contribution in [0.5, 0.6) is 17.5 Å². The minimum Gasteiger partial charge on any atom is -0.581 e. The van der Waals surface area contributed by atoms with Crippen LogP contribution in [0.3, 0.4) is 0 Å². The van der Waals surface area contributed by atoms with Crippen LogP contribution in [0.1, 0.15) is 36.0 Å². The monoisotopic (exact) mass is 785 g/mol. The predicted octanol–water partition coefficient (Wildman–Crippen LogP) is 5.67. The van der Waals surface area contributed by atoms with Gasteiger partial charge in [-0.2, -0.15) is 16.2 Å². The summed E-state index contributed by atoms with van der Waals surface area (Å²) in [5, 5.41) is 9.86. The molecular weight excluding hydrogens is 753 g/mol. The molecule has 9 rings (SSSR count). The number of likely N-dealkylation sites (tertiary alicyclic amines) is 1. The summed E-state index contributed by atoms with van der Waals surface area (Å²) in [4.78, 5) is 14.9. The van der Waals surface area contributed by atoms with E-state index in [1.54, 1.807) is 13.1 Å². The Kier molecular flexibility index (Phi) is 8.61. The van der Waals surface area contributed by atoms with Crippen LogP contribution in [0.25, 0.3) is 32.9 Å². The van der Waals surface area contributed by atoms with E-state index in [0.29, 0.717) is 75.6 Å². The number of terminal acetylenes is 1. The molecule has 10 nitrogen and oxygen atoms in total. The van der Waals surface area contributed by atoms with Gasteiger partial charge in [-0.05, 0) is 55.1 Å². The Bertz CT molecular complexity index is 2170.